The second kappa shape index (κ2) is 6.30. The Morgan fingerprint density at radius 2 is 2.09 bits per heavy atom. The number of carbonyl (C=O) groups excluding carboxylic acids is 1. The first-order chi connectivity index (χ1) is 11.1. The van der Waals surface area contributed by atoms with Gasteiger partial charge in [-0.2, -0.15) is 10.1 Å². The second-order valence-electron chi connectivity index (χ2n) is 4.90. The second-order valence-corrected chi connectivity index (χ2v) is 4.90. The van der Waals surface area contributed by atoms with Gasteiger partial charge in [0, 0.05) is 5.56 Å². The van der Waals surface area contributed by atoms with Crippen LogP contribution in [0.5, 0.6) is 5.75 Å². The van der Waals surface area contributed by atoms with E-state index < -0.39 is 0 Å². The molecule has 2 N–H and O–H groups in total. The van der Waals surface area contributed by atoms with Gasteiger partial charge in [0.25, 0.3) is 5.91 Å². The third-order valence-corrected chi connectivity index (χ3v) is 3.33. The van der Waals surface area contributed by atoms with Gasteiger partial charge in [-0.15, -0.1) is 0 Å². The molecular formula is C15H15N5O3. The van der Waals surface area contributed by atoms with Crippen molar-refractivity contribution in [3.8, 4) is 5.75 Å². The number of benzene rings is 1. The molecular weight excluding hydrogens is 298 g/mol. The summed E-state index contributed by atoms with van der Waals surface area (Å²) in [7, 11) is 0. The fourth-order valence-corrected chi connectivity index (χ4v) is 2.01. The SMILES string of the molecule is Cc1noc(C)c1COc1ccc(C(=O)Nc2ncn[nH]2)cc1. The summed E-state index contributed by atoms with van der Waals surface area (Å²) in [6, 6.07) is 6.81. The molecule has 2 aromatic heterocycles. The highest BCUT2D eigenvalue weighted by molar-refractivity contribution is 6.03. The summed E-state index contributed by atoms with van der Waals surface area (Å²) in [6.45, 7) is 4.08. The van der Waals surface area contributed by atoms with E-state index in [9.17, 15) is 4.79 Å². The van der Waals surface area contributed by atoms with Crippen molar-refractivity contribution in [3.63, 3.8) is 0 Å². The van der Waals surface area contributed by atoms with E-state index in [1.54, 1.807) is 24.3 Å². The van der Waals surface area contributed by atoms with E-state index in [2.05, 4.69) is 25.7 Å². The summed E-state index contributed by atoms with van der Waals surface area (Å²) in [5.74, 6) is 1.42. The molecule has 0 aliphatic rings. The molecule has 2 heterocycles. The summed E-state index contributed by atoms with van der Waals surface area (Å²) in [5.41, 5.74) is 2.23. The van der Waals surface area contributed by atoms with Gasteiger partial charge in [-0.1, -0.05) is 5.16 Å². The third-order valence-electron chi connectivity index (χ3n) is 3.33. The van der Waals surface area contributed by atoms with Crippen molar-refractivity contribution in [3.05, 3.63) is 53.2 Å². The van der Waals surface area contributed by atoms with Crippen LogP contribution < -0.4 is 10.1 Å². The minimum atomic E-state index is -0.279. The van der Waals surface area contributed by atoms with Crippen molar-refractivity contribution in [1.29, 1.82) is 0 Å². The van der Waals surface area contributed by atoms with Crippen LogP contribution >= 0.6 is 0 Å². The highest BCUT2D eigenvalue weighted by Gasteiger charge is 2.11. The number of nitrogens with one attached hydrogen (secondary N) is 2. The van der Waals surface area contributed by atoms with Crippen LogP contribution in [0.15, 0.2) is 35.1 Å². The van der Waals surface area contributed by atoms with Gasteiger partial charge in [0.1, 0.15) is 24.4 Å². The largest absolute Gasteiger partial charge is 0.489 e. The summed E-state index contributed by atoms with van der Waals surface area (Å²) >= 11 is 0. The number of aryl methyl sites for hydroxylation is 2. The first kappa shape index (κ1) is 14.8. The Morgan fingerprint density at radius 1 is 1.30 bits per heavy atom. The fraction of sp³-hybridized carbons (Fsp3) is 0.200. The van der Waals surface area contributed by atoms with E-state index in [-0.39, 0.29) is 5.91 Å². The first-order valence-corrected chi connectivity index (χ1v) is 6.95. The fourth-order valence-electron chi connectivity index (χ4n) is 2.01. The number of amides is 1. The van der Waals surface area contributed by atoms with E-state index >= 15 is 0 Å². The number of H-pyrrole nitrogens is 1. The van der Waals surface area contributed by atoms with Crippen molar-refractivity contribution in [2.45, 2.75) is 20.5 Å². The Kier molecular flexibility index (Phi) is 4.05. The van der Waals surface area contributed by atoms with Crippen LogP contribution in [0.2, 0.25) is 0 Å². The number of carbonyl (C=O) groups is 1. The molecule has 118 valence electrons. The summed E-state index contributed by atoms with van der Waals surface area (Å²) < 4.78 is 10.8. The molecule has 0 radical (unpaired) electrons. The summed E-state index contributed by atoms with van der Waals surface area (Å²) in [6.07, 6.45) is 1.32. The van der Waals surface area contributed by atoms with E-state index in [0.717, 1.165) is 17.0 Å². The number of aromatic amines is 1. The normalized spacial score (nSPS) is 10.5. The van der Waals surface area contributed by atoms with Gasteiger partial charge < -0.3 is 9.26 Å². The number of nitrogens with zero attached hydrogens (tertiary/aromatic N) is 3. The van der Waals surface area contributed by atoms with Crippen molar-refractivity contribution in [2.24, 2.45) is 0 Å². The maximum atomic E-state index is 12.0. The molecule has 0 saturated carbocycles. The average Bonchev–Trinajstić information content (AvgIpc) is 3.17. The lowest BCUT2D eigenvalue weighted by Gasteiger charge is -2.07. The van der Waals surface area contributed by atoms with Gasteiger partial charge in [-0.05, 0) is 38.1 Å². The molecule has 8 heteroatoms. The molecule has 0 fully saturated rings. The molecule has 0 unspecified atom stereocenters. The minimum Gasteiger partial charge on any atom is -0.489 e. The Morgan fingerprint density at radius 3 is 2.70 bits per heavy atom. The molecule has 0 bridgehead atoms. The number of hydrogen-bond acceptors (Lipinski definition) is 6. The van der Waals surface area contributed by atoms with E-state index in [4.69, 9.17) is 9.26 Å². The number of hydrogen-bond donors (Lipinski definition) is 2. The van der Waals surface area contributed by atoms with Crippen LogP contribution in [0.3, 0.4) is 0 Å². The Labute approximate surface area is 131 Å². The molecule has 1 aromatic carbocycles. The third kappa shape index (κ3) is 3.37. The zero-order valence-corrected chi connectivity index (χ0v) is 12.7. The van der Waals surface area contributed by atoms with Crippen LogP contribution in [0.1, 0.15) is 27.4 Å². The van der Waals surface area contributed by atoms with Crippen LogP contribution in [-0.4, -0.2) is 26.2 Å². The Hall–Kier alpha value is -3.16. The lowest BCUT2D eigenvalue weighted by molar-refractivity contribution is 0.102. The van der Waals surface area contributed by atoms with E-state index in [1.807, 2.05) is 13.8 Å². The van der Waals surface area contributed by atoms with Crippen LogP contribution in [0.4, 0.5) is 5.95 Å². The van der Waals surface area contributed by atoms with Crippen molar-refractivity contribution in [1.82, 2.24) is 20.3 Å². The molecule has 8 nitrogen and oxygen atoms in total. The highest BCUT2D eigenvalue weighted by Crippen LogP contribution is 2.18. The maximum Gasteiger partial charge on any atom is 0.258 e. The smallest absolute Gasteiger partial charge is 0.258 e. The molecule has 0 spiro atoms. The van der Waals surface area contributed by atoms with Crippen molar-refractivity contribution < 1.29 is 14.1 Å². The lowest BCUT2D eigenvalue weighted by atomic mass is 10.2. The van der Waals surface area contributed by atoms with Crippen LogP contribution in [0, 0.1) is 13.8 Å². The van der Waals surface area contributed by atoms with Crippen LogP contribution in [0.25, 0.3) is 0 Å². The molecule has 0 saturated heterocycles. The van der Waals surface area contributed by atoms with Gasteiger partial charge in [-0.3, -0.25) is 10.1 Å². The maximum absolute atomic E-state index is 12.0. The zero-order chi connectivity index (χ0) is 16.2. The van der Waals surface area contributed by atoms with Gasteiger partial charge in [0.15, 0.2) is 0 Å². The average molecular weight is 313 g/mol. The standard InChI is InChI=1S/C15H15N5O3/c1-9-13(10(2)23-20-9)7-22-12-5-3-11(4-6-12)14(21)18-15-16-8-17-19-15/h3-6,8H,7H2,1-2H3,(H2,16,17,18,19,21). The number of aromatic nitrogens is 4. The molecule has 0 atom stereocenters. The van der Waals surface area contributed by atoms with Crippen LogP contribution in [-0.2, 0) is 6.61 Å². The molecule has 3 aromatic rings. The topological polar surface area (TPSA) is 106 Å². The van der Waals surface area contributed by atoms with E-state index in [1.165, 1.54) is 6.33 Å². The summed E-state index contributed by atoms with van der Waals surface area (Å²) in [4.78, 5) is 15.8. The monoisotopic (exact) mass is 313 g/mol. The van der Waals surface area contributed by atoms with Gasteiger partial charge >= 0.3 is 0 Å². The number of ether oxygens (including phenoxy) is 1. The van der Waals surface area contributed by atoms with E-state index in [0.29, 0.717) is 23.9 Å². The highest BCUT2D eigenvalue weighted by atomic mass is 16.5. The predicted molar refractivity (Wildman–Crippen MR) is 81.1 cm³/mol. The molecule has 3 rings (SSSR count). The van der Waals surface area contributed by atoms with Gasteiger partial charge in [-0.25, -0.2) is 5.10 Å². The molecule has 23 heavy (non-hydrogen) atoms. The molecule has 0 aliphatic carbocycles. The zero-order valence-electron chi connectivity index (χ0n) is 12.7. The summed E-state index contributed by atoms with van der Waals surface area (Å²) in [5, 5.41) is 12.7. The van der Waals surface area contributed by atoms with Gasteiger partial charge in [0.05, 0.1) is 11.3 Å². The number of rotatable bonds is 5. The molecule has 1 amide bonds. The Bertz CT molecular complexity index is 774. The lowest BCUT2D eigenvalue weighted by Crippen LogP contribution is -2.12. The van der Waals surface area contributed by atoms with Crippen molar-refractivity contribution >= 4 is 11.9 Å². The minimum absolute atomic E-state index is 0.279. The first-order valence-electron chi connectivity index (χ1n) is 6.95. The van der Waals surface area contributed by atoms with Crippen molar-refractivity contribution in [2.75, 3.05) is 5.32 Å². The quantitative estimate of drug-likeness (QED) is 0.748. The Balaban J connectivity index is 1.62. The molecule has 0 aliphatic heterocycles. The van der Waals surface area contributed by atoms with Gasteiger partial charge in [0.2, 0.25) is 5.95 Å². The number of anilines is 1. The predicted octanol–water partition coefficient (Wildman–Crippen LogP) is 2.24.